The molecule has 1 fully saturated rings. The van der Waals surface area contributed by atoms with Crippen LogP contribution in [0.2, 0.25) is 0 Å². The number of carbonyl (C=O) groups is 1. The van der Waals surface area contributed by atoms with Gasteiger partial charge in [-0.05, 0) is 25.8 Å². The number of hydrogen-bond donors (Lipinski definition) is 1. The Balaban J connectivity index is 2.04. The number of likely N-dealkylation sites (tertiary alicyclic amines) is 1. The van der Waals surface area contributed by atoms with Crippen molar-refractivity contribution in [1.82, 2.24) is 10.1 Å². The molecule has 1 aromatic heterocycles. The van der Waals surface area contributed by atoms with Crippen LogP contribution in [0.5, 0.6) is 0 Å². The van der Waals surface area contributed by atoms with Crippen LogP contribution >= 0.6 is 0 Å². The van der Waals surface area contributed by atoms with E-state index < -0.39 is 11.4 Å². The SMILES string of the molecule is CCC[C@]1(C(=O)O)CCCN(Cc2cc(C(C)C)on2)C1. The van der Waals surface area contributed by atoms with Crippen LogP contribution in [0.4, 0.5) is 0 Å². The van der Waals surface area contributed by atoms with Crippen LogP contribution in [0, 0.1) is 5.41 Å². The number of hydrogen-bond acceptors (Lipinski definition) is 4. The first kappa shape index (κ1) is 16.0. The van der Waals surface area contributed by atoms with Gasteiger partial charge < -0.3 is 9.63 Å². The lowest BCUT2D eigenvalue weighted by Gasteiger charge is -2.39. The maximum Gasteiger partial charge on any atom is 0.310 e. The van der Waals surface area contributed by atoms with E-state index in [1.54, 1.807) is 0 Å². The Morgan fingerprint density at radius 1 is 1.57 bits per heavy atom. The Hall–Kier alpha value is -1.36. The molecular formula is C16H26N2O3. The molecule has 1 N–H and O–H groups in total. The van der Waals surface area contributed by atoms with E-state index in [1.807, 2.05) is 6.07 Å². The topological polar surface area (TPSA) is 66.6 Å². The van der Waals surface area contributed by atoms with Gasteiger partial charge in [-0.3, -0.25) is 9.69 Å². The number of aromatic nitrogens is 1. The minimum Gasteiger partial charge on any atom is -0.481 e. The van der Waals surface area contributed by atoms with E-state index >= 15 is 0 Å². The summed E-state index contributed by atoms with van der Waals surface area (Å²) in [7, 11) is 0. The molecule has 5 heteroatoms. The molecule has 2 heterocycles. The summed E-state index contributed by atoms with van der Waals surface area (Å²) in [5, 5.41) is 13.7. The average molecular weight is 294 g/mol. The van der Waals surface area contributed by atoms with Crippen LogP contribution in [0.25, 0.3) is 0 Å². The molecule has 1 aromatic rings. The fourth-order valence-electron chi connectivity index (χ4n) is 3.23. The summed E-state index contributed by atoms with van der Waals surface area (Å²) in [5.74, 6) is 0.558. The van der Waals surface area contributed by atoms with Gasteiger partial charge in [-0.25, -0.2) is 0 Å². The Kier molecular flexibility index (Phi) is 5.04. The third-order valence-electron chi connectivity index (χ3n) is 4.37. The number of rotatable bonds is 6. The van der Waals surface area contributed by atoms with Gasteiger partial charge in [-0.2, -0.15) is 0 Å². The molecule has 21 heavy (non-hydrogen) atoms. The molecule has 5 nitrogen and oxygen atoms in total. The van der Waals surface area contributed by atoms with Gasteiger partial charge in [0.25, 0.3) is 0 Å². The predicted molar refractivity (Wildman–Crippen MR) is 80.1 cm³/mol. The summed E-state index contributed by atoms with van der Waals surface area (Å²) < 4.78 is 5.32. The van der Waals surface area contributed by atoms with Crippen molar-refractivity contribution in [1.29, 1.82) is 0 Å². The van der Waals surface area contributed by atoms with Gasteiger partial charge in [0.05, 0.1) is 11.1 Å². The maximum absolute atomic E-state index is 11.7. The minimum absolute atomic E-state index is 0.325. The van der Waals surface area contributed by atoms with Gasteiger partial charge in [0.1, 0.15) is 5.76 Å². The Morgan fingerprint density at radius 3 is 2.90 bits per heavy atom. The average Bonchev–Trinajstić information content (AvgIpc) is 2.88. The summed E-state index contributed by atoms with van der Waals surface area (Å²) in [4.78, 5) is 13.9. The molecule has 1 aliphatic heterocycles. The highest BCUT2D eigenvalue weighted by Crippen LogP contribution is 2.35. The second kappa shape index (κ2) is 6.60. The molecule has 1 aliphatic rings. The molecule has 0 spiro atoms. The van der Waals surface area contributed by atoms with E-state index in [4.69, 9.17) is 4.52 Å². The van der Waals surface area contributed by atoms with Gasteiger partial charge >= 0.3 is 5.97 Å². The second-order valence-corrected chi connectivity index (χ2v) is 6.53. The molecule has 0 aromatic carbocycles. The van der Waals surface area contributed by atoms with Crippen molar-refractivity contribution in [3.8, 4) is 0 Å². The summed E-state index contributed by atoms with van der Waals surface area (Å²) in [6, 6.07) is 1.99. The summed E-state index contributed by atoms with van der Waals surface area (Å²) in [6.45, 7) is 8.41. The van der Waals surface area contributed by atoms with Crippen LogP contribution in [0.1, 0.15) is 63.8 Å². The zero-order valence-corrected chi connectivity index (χ0v) is 13.3. The first-order valence-electron chi connectivity index (χ1n) is 7.88. The number of piperidine rings is 1. The van der Waals surface area contributed by atoms with Crippen LogP contribution in [0.3, 0.4) is 0 Å². The van der Waals surface area contributed by atoms with E-state index in [0.717, 1.165) is 43.7 Å². The molecule has 1 atom stereocenters. The molecule has 118 valence electrons. The Labute approximate surface area is 126 Å². The van der Waals surface area contributed by atoms with Crippen molar-refractivity contribution >= 4 is 5.97 Å². The second-order valence-electron chi connectivity index (χ2n) is 6.53. The number of aliphatic carboxylic acids is 1. The minimum atomic E-state index is -0.655. The molecule has 0 saturated carbocycles. The van der Waals surface area contributed by atoms with Crippen molar-refractivity contribution in [2.45, 2.75) is 58.9 Å². The van der Waals surface area contributed by atoms with Gasteiger partial charge in [-0.1, -0.05) is 32.3 Å². The Bertz CT molecular complexity index is 480. The predicted octanol–water partition coefficient (Wildman–Crippen LogP) is 3.26. The third kappa shape index (κ3) is 3.64. The van der Waals surface area contributed by atoms with Gasteiger partial charge in [0.2, 0.25) is 0 Å². The summed E-state index contributed by atoms with van der Waals surface area (Å²) in [5.41, 5.74) is 0.314. The van der Waals surface area contributed by atoms with Crippen molar-refractivity contribution in [3.63, 3.8) is 0 Å². The zero-order valence-electron chi connectivity index (χ0n) is 13.3. The highest BCUT2D eigenvalue weighted by atomic mass is 16.5. The van der Waals surface area contributed by atoms with Crippen molar-refractivity contribution in [2.24, 2.45) is 5.41 Å². The van der Waals surface area contributed by atoms with Crippen molar-refractivity contribution in [2.75, 3.05) is 13.1 Å². The molecule has 0 bridgehead atoms. The lowest BCUT2D eigenvalue weighted by molar-refractivity contribution is -0.153. The maximum atomic E-state index is 11.7. The van der Waals surface area contributed by atoms with Crippen LogP contribution in [0.15, 0.2) is 10.6 Å². The first-order valence-corrected chi connectivity index (χ1v) is 7.88. The highest BCUT2D eigenvalue weighted by molar-refractivity contribution is 5.75. The normalized spacial score (nSPS) is 23.6. The van der Waals surface area contributed by atoms with Crippen molar-refractivity contribution in [3.05, 3.63) is 17.5 Å². The molecule has 1 saturated heterocycles. The van der Waals surface area contributed by atoms with Gasteiger partial charge in [0.15, 0.2) is 0 Å². The van der Waals surface area contributed by atoms with E-state index in [9.17, 15) is 9.90 Å². The van der Waals surface area contributed by atoms with E-state index in [-0.39, 0.29) is 0 Å². The quantitative estimate of drug-likeness (QED) is 0.872. The Morgan fingerprint density at radius 2 is 2.33 bits per heavy atom. The van der Waals surface area contributed by atoms with Crippen LogP contribution in [-0.4, -0.2) is 34.2 Å². The molecule has 0 aliphatic carbocycles. The first-order chi connectivity index (χ1) is 9.97. The lowest BCUT2D eigenvalue weighted by Crippen LogP contribution is -2.47. The summed E-state index contributed by atoms with van der Waals surface area (Å²) in [6.07, 6.45) is 3.36. The largest absolute Gasteiger partial charge is 0.481 e. The monoisotopic (exact) mass is 294 g/mol. The molecule has 2 rings (SSSR count). The highest BCUT2D eigenvalue weighted by Gasteiger charge is 2.41. The smallest absolute Gasteiger partial charge is 0.310 e. The van der Waals surface area contributed by atoms with E-state index in [2.05, 4.69) is 30.8 Å². The number of carboxylic acids is 1. The number of carboxylic acid groups (broad SMARTS) is 1. The third-order valence-corrected chi connectivity index (χ3v) is 4.37. The molecular weight excluding hydrogens is 268 g/mol. The van der Waals surface area contributed by atoms with Gasteiger partial charge in [0, 0.05) is 25.1 Å². The van der Waals surface area contributed by atoms with Crippen molar-refractivity contribution < 1.29 is 14.4 Å². The molecule has 0 radical (unpaired) electrons. The van der Waals surface area contributed by atoms with E-state index in [0.29, 0.717) is 19.0 Å². The lowest BCUT2D eigenvalue weighted by atomic mass is 9.76. The van der Waals surface area contributed by atoms with E-state index in [1.165, 1.54) is 0 Å². The van der Waals surface area contributed by atoms with Crippen LogP contribution < -0.4 is 0 Å². The standard InChI is InChI=1S/C16H26N2O3/c1-4-6-16(15(19)20)7-5-8-18(11-16)10-13-9-14(12(2)3)21-17-13/h9,12H,4-8,10-11H2,1-3H3,(H,19,20)/t16-/m0/s1. The fraction of sp³-hybridized carbons (Fsp3) is 0.750. The number of nitrogens with zero attached hydrogens (tertiary/aromatic N) is 2. The zero-order chi connectivity index (χ0) is 15.5. The van der Waals surface area contributed by atoms with Gasteiger partial charge in [-0.15, -0.1) is 0 Å². The molecule has 0 amide bonds. The molecule has 0 unspecified atom stereocenters. The van der Waals surface area contributed by atoms with Crippen LogP contribution in [-0.2, 0) is 11.3 Å². The fourth-order valence-corrected chi connectivity index (χ4v) is 3.23. The summed E-state index contributed by atoms with van der Waals surface area (Å²) >= 11 is 0.